The number of amides is 1. The van der Waals surface area contributed by atoms with Crippen LogP contribution in [-0.4, -0.2) is 45.0 Å². The number of para-hydroxylation sites is 3. The van der Waals surface area contributed by atoms with Crippen molar-refractivity contribution in [2.45, 2.75) is 95.4 Å². The maximum atomic E-state index is 14.1. The van der Waals surface area contributed by atoms with Gasteiger partial charge in [-0.2, -0.15) is 17.6 Å². The zero-order valence-corrected chi connectivity index (χ0v) is 21.3. The van der Waals surface area contributed by atoms with Crippen LogP contribution in [0.3, 0.4) is 0 Å². The van der Waals surface area contributed by atoms with Crippen LogP contribution in [0.5, 0.6) is 5.75 Å². The summed E-state index contributed by atoms with van der Waals surface area (Å²) in [7, 11) is 0. The second-order valence-corrected chi connectivity index (χ2v) is 10.4. The molecule has 9 heteroatoms. The molecule has 2 aliphatic carbocycles. The summed E-state index contributed by atoms with van der Waals surface area (Å²) in [6, 6.07) is 13.4. The lowest BCUT2D eigenvalue weighted by molar-refractivity contribution is -0.253. The van der Waals surface area contributed by atoms with Crippen LogP contribution in [0.4, 0.5) is 17.6 Å². The Hall–Kier alpha value is -3.10. The highest BCUT2D eigenvalue weighted by Crippen LogP contribution is 2.37. The molecule has 0 unspecified atom stereocenters. The molecule has 5 nitrogen and oxygen atoms in total. The van der Waals surface area contributed by atoms with Crippen molar-refractivity contribution in [3.8, 4) is 17.1 Å². The van der Waals surface area contributed by atoms with E-state index >= 15 is 0 Å². The summed E-state index contributed by atoms with van der Waals surface area (Å²) >= 11 is 0. The van der Waals surface area contributed by atoms with Crippen LogP contribution in [0.15, 0.2) is 48.5 Å². The molecule has 1 heterocycles. The first-order chi connectivity index (χ1) is 18.3. The van der Waals surface area contributed by atoms with Gasteiger partial charge in [0.15, 0.2) is 0 Å². The second kappa shape index (κ2) is 11.3. The van der Waals surface area contributed by atoms with Gasteiger partial charge in [-0.1, -0.05) is 62.8 Å². The lowest BCUT2D eigenvalue weighted by Crippen LogP contribution is -2.50. The summed E-state index contributed by atoms with van der Waals surface area (Å²) in [5, 5.41) is 0. The first-order valence-electron chi connectivity index (χ1n) is 13.6. The van der Waals surface area contributed by atoms with Gasteiger partial charge in [0.05, 0.1) is 16.6 Å². The van der Waals surface area contributed by atoms with Crippen molar-refractivity contribution in [3.63, 3.8) is 0 Å². The van der Waals surface area contributed by atoms with Crippen LogP contribution < -0.4 is 4.74 Å². The fraction of sp³-hybridized carbons (Fsp3) is 0.517. The molecule has 5 rings (SSSR count). The van der Waals surface area contributed by atoms with Crippen molar-refractivity contribution in [2.24, 2.45) is 0 Å². The molecule has 0 aliphatic heterocycles. The largest absolute Gasteiger partial charge is 0.461 e. The molecule has 0 atom stereocenters. The predicted molar refractivity (Wildman–Crippen MR) is 137 cm³/mol. The molecule has 1 aromatic heterocycles. The zero-order valence-electron chi connectivity index (χ0n) is 21.3. The monoisotopic (exact) mass is 531 g/mol. The van der Waals surface area contributed by atoms with E-state index in [1.54, 1.807) is 22.8 Å². The summed E-state index contributed by atoms with van der Waals surface area (Å²) < 4.78 is 59.9. The first kappa shape index (κ1) is 26.5. The van der Waals surface area contributed by atoms with E-state index in [9.17, 15) is 22.4 Å². The molecule has 38 heavy (non-hydrogen) atoms. The lowest BCUT2D eigenvalue weighted by Gasteiger charge is -2.42. The third-order valence-corrected chi connectivity index (χ3v) is 7.80. The number of hydrogen-bond donors (Lipinski definition) is 0. The maximum Gasteiger partial charge on any atom is 0.461 e. The molecule has 0 bridgehead atoms. The van der Waals surface area contributed by atoms with Gasteiger partial charge in [-0.3, -0.25) is 4.79 Å². The highest BCUT2D eigenvalue weighted by Gasteiger charge is 2.44. The van der Waals surface area contributed by atoms with Crippen molar-refractivity contribution in [3.05, 3.63) is 48.5 Å². The Bertz CT molecular complexity index is 1230. The average Bonchev–Trinajstić information content (AvgIpc) is 3.28. The summed E-state index contributed by atoms with van der Waals surface area (Å²) in [6.45, 7) is -0.0254. The molecule has 0 saturated heterocycles. The van der Waals surface area contributed by atoms with Crippen molar-refractivity contribution in [2.75, 3.05) is 0 Å². The number of fused-ring (bicyclic) bond motifs is 1. The summed E-state index contributed by atoms with van der Waals surface area (Å²) in [6.07, 6.45) is 2.05. The number of imidazole rings is 1. The molecule has 0 N–H and O–H groups in total. The summed E-state index contributed by atoms with van der Waals surface area (Å²) in [4.78, 5) is 20.8. The lowest BCUT2D eigenvalue weighted by atomic mass is 9.88. The van der Waals surface area contributed by atoms with E-state index in [0.717, 1.165) is 51.4 Å². The van der Waals surface area contributed by atoms with Crippen molar-refractivity contribution in [1.82, 2.24) is 14.5 Å². The molecular weight excluding hydrogens is 498 g/mol. The van der Waals surface area contributed by atoms with Crippen LogP contribution >= 0.6 is 0 Å². The minimum absolute atomic E-state index is 0.0236. The molecule has 2 saturated carbocycles. The average molecular weight is 532 g/mol. The Labute approximate surface area is 219 Å². The van der Waals surface area contributed by atoms with E-state index in [-0.39, 0.29) is 35.9 Å². The minimum Gasteiger partial charge on any atom is -0.428 e. The first-order valence-corrected chi connectivity index (χ1v) is 13.6. The summed E-state index contributed by atoms with van der Waals surface area (Å²) in [5.74, 6) is -0.213. The van der Waals surface area contributed by atoms with Gasteiger partial charge in [-0.15, -0.1) is 0 Å². The Balaban J connectivity index is 1.54. The minimum atomic E-state index is -4.67. The van der Waals surface area contributed by atoms with E-state index in [4.69, 9.17) is 0 Å². The highest BCUT2D eigenvalue weighted by atomic mass is 19.3. The van der Waals surface area contributed by atoms with Gasteiger partial charge in [0.2, 0.25) is 5.91 Å². The third kappa shape index (κ3) is 5.52. The van der Waals surface area contributed by atoms with Crippen LogP contribution in [0.1, 0.15) is 64.2 Å². The van der Waals surface area contributed by atoms with Crippen LogP contribution in [0.25, 0.3) is 22.4 Å². The Morgan fingerprint density at radius 1 is 0.921 bits per heavy atom. The fourth-order valence-electron chi connectivity index (χ4n) is 6.01. The molecule has 1 amide bonds. The fourth-order valence-corrected chi connectivity index (χ4v) is 6.01. The zero-order chi connectivity index (χ0) is 26.7. The quantitative estimate of drug-likeness (QED) is 0.284. The Morgan fingerprint density at radius 2 is 1.50 bits per heavy atom. The summed E-state index contributed by atoms with van der Waals surface area (Å²) in [5.41, 5.74) is 1.37. The van der Waals surface area contributed by atoms with E-state index in [0.29, 0.717) is 11.0 Å². The number of nitrogens with zero attached hydrogens (tertiary/aromatic N) is 3. The molecule has 3 aromatic rings. The second-order valence-electron chi connectivity index (χ2n) is 10.4. The number of aromatic nitrogens is 2. The van der Waals surface area contributed by atoms with Gasteiger partial charge in [0.1, 0.15) is 18.1 Å². The molecule has 2 aromatic carbocycles. The Kier molecular flexibility index (Phi) is 7.91. The number of carbonyl (C=O) groups is 1. The number of carbonyl (C=O) groups excluding carboxylic acids is 1. The van der Waals surface area contributed by atoms with Crippen molar-refractivity contribution in [1.29, 1.82) is 0 Å². The number of hydrogen-bond acceptors (Lipinski definition) is 3. The van der Waals surface area contributed by atoms with E-state index in [1.807, 2.05) is 12.1 Å². The van der Waals surface area contributed by atoms with Crippen LogP contribution in [-0.2, 0) is 11.3 Å². The van der Waals surface area contributed by atoms with E-state index < -0.39 is 18.3 Å². The number of halogens is 4. The van der Waals surface area contributed by atoms with E-state index in [1.165, 1.54) is 31.0 Å². The number of alkyl halides is 4. The van der Waals surface area contributed by atoms with Crippen LogP contribution in [0, 0.1) is 0 Å². The molecule has 0 radical (unpaired) electrons. The maximum absolute atomic E-state index is 14.1. The van der Waals surface area contributed by atoms with Gasteiger partial charge in [-0.25, -0.2) is 4.98 Å². The van der Waals surface area contributed by atoms with Gasteiger partial charge in [-0.05, 0) is 49.9 Å². The highest BCUT2D eigenvalue weighted by molar-refractivity contribution is 5.85. The van der Waals surface area contributed by atoms with E-state index in [2.05, 4.69) is 14.6 Å². The SMILES string of the molecule is O=C(Cn1c(-c2ccccc2OC(F)(F)C(F)F)nc2ccccc21)N(C1CCCCC1)C1CCCCC1. The smallest absolute Gasteiger partial charge is 0.428 e. The number of benzene rings is 2. The van der Waals surface area contributed by atoms with Gasteiger partial charge >= 0.3 is 12.5 Å². The predicted octanol–water partition coefficient (Wildman–Crippen LogP) is 7.43. The topological polar surface area (TPSA) is 47.4 Å². The third-order valence-electron chi connectivity index (χ3n) is 7.80. The molecule has 2 aliphatic rings. The van der Waals surface area contributed by atoms with Crippen LogP contribution in [0.2, 0.25) is 0 Å². The van der Waals surface area contributed by atoms with Crippen molar-refractivity contribution < 1.29 is 27.1 Å². The van der Waals surface area contributed by atoms with Gasteiger partial charge < -0.3 is 14.2 Å². The number of rotatable bonds is 8. The Morgan fingerprint density at radius 3 is 2.13 bits per heavy atom. The number of ether oxygens (including phenoxy) is 1. The molecular formula is C29H33F4N3O2. The standard InChI is InChI=1S/C29H33F4N3O2/c30-28(31)29(32,33)38-25-18-10-7-15-22(25)27-34-23-16-8-9-17-24(23)35(27)19-26(37)36(20-11-3-1-4-12-20)21-13-5-2-6-14-21/h7-10,15-18,20-21,28H,1-6,11-14,19H2. The molecule has 204 valence electrons. The van der Waals surface area contributed by atoms with Gasteiger partial charge in [0, 0.05) is 12.1 Å². The van der Waals surface area contributed by atoms with Gasteiger partial charge in [0.25, 0.3) is 0 Å². The van der Waals surface area contributed by atoms with Crippen molar-refractivity contribution >= 4 is 16.9 Å². The molecule has 0 spiro atoms. The normalized spacial score (nSPS) is 17.7. The molecule has 2 fully saturated rings.